The average molecular weight is 478 g/mol. The molecular formula is C27H31N3O5. The smallest absolute Gasteiger partial charge is 0.262 e. The maximum atomic E-state index is 14.0. The van der Waals surface area contributed by atoms with Gasteiger partial charge < -0.3 is 19.3 Å². The quantitative estimate of drug-likeness (QED) is 0.522. The summed E-state index contributed by atoms with van der Waals surface area (Å²) in [5.74, 6) is 0.582. The van der Waals surface area contributed by atoms with E-state index < -0.39 is 0 Å². The second kappa shape index (κ2) is 10.7. The Hall–Kier alpha value is -3.65. The number of hydrogen-bond acceptors (Lipinski definition) is 5. The molecule has 0 radical (unpaired) electrons. The van der Waals surface area contributed by atoms with Gasteiger partial charge in [0.25, 0.3) is 11.5 Å². The first-order valence-corrected chi connectivity index (χ1v) is 11.8. The molecular weight excluding hydrogens is 446 g/mol. The summed E-state index contributed by atoms with van der Waals surface area (Å²) in [4.78, 5) is 42.8. The van der Waals surface area contributed by atoms with Gasteiger partial charge in [0.15, 0.2) is 0 Å². The molecule has 2 aromatic carbocycles. The van der Waals surface area contributed by atoms with Crippen molar-refractivity contribution in [3.05, 3.63) is 70.6 Å². The molecule has 2 amide bonds. The molecule has 1 aliphatic heterocycles. The highest BCUT2D eigenvalue weighted by Gasteiger charge is 2.30. The van der Waals surface area contributed by atoms with Crippen LogP contribution in [0.25, 0.3) is 16.5 Å². The fraction of sp³-hybridized carbons (Fsp3) is 0.370. The first-order valence-electron chi connectivity index (χ1n) is 11.8. The Kier molecular flexibility index (Phi) is 7.51. The highest BCUT2D eigenvalue weighted by molar-refractivity contribution is 6.06. The minimum atomic E-state index is -0.194. The highest BCUT2D eigenvalue weighted by atomic mass is 16.5. The normalized spacial score (nSPS) is 14.2. The summed E-state index contributed by atoms with van der Waals surface area (Å²) in [6.45, 7) is 3.62. The van der Waals surface area contributed by atoms with Gasteiger partial charge in [0.05, 0.1) is 19.3 Å². The van der Waals surface area contributed by atoms with Crippen LogP contribution in [0.4, 0.5) is 0 Å². The van der Waals surface area contributed by atoms with Crippen molar-refractivity contribution in [1.82, 2.24) is 14.4 Å². The molecule has 184 valence electrons. The number of nitrogens with zero attached hydrogens (tertiary/aromatic N) is 3. The summed E-state index contributed by atoms with van der Waals surface area (Å²) in [7, 11) is 3.20. The Labute approximate surface area is 204 Å². The Morgan fingerprint density at radius 3 is 2.26 bits per heavy atom. The summed E-state index contributed by atoms with van der Waals surface area (Å²) in [5.41, 5.74) is 0.912. The number of pyridine rings is 1. The maximum Gasteiger partial charge on any atom is 0.262 e. The number of hydrogen-bond donors (Lipinski definition) is 0. The molecule has 8 heteroatoms. The lowest BCUT2D eigenvalue weighted by Gasteiger charge is -2.38. The van der Waals surface area contributed by atoms with Crippen LogP contribution < -0.4 is 10.3 Å². The molecule has 1 aromatic heterocycles. The molecule has 0 atom stereocenters. The molecule has 0 unspecified atom stereocenters. The first-order chi connectivity index (χ1) is 16.9. The first kappa shape index (κ1) is 24.5. The number of carbonyl (C=O) groups is 2. The van der Waals surface area contributed by atoms with E-state index in [2.05, 4.69) is 0 Å². The van der Waals surface area contributed by atoms with Crippen LogP contribution in [-0.4, -0.2) is 72.7 Å². The van der Waals surface area contributed by atoms with Gasteiger partial charge in [-0.1, -0.05) is 18.2 Å². The Morgan fingerprint density at radius 1 is 1.00 bits per heavy atom. The number of aromatic nitrogens is 1. The Bertz CT molecular complexity index is 1260. The molecule has 0 spiro atoms. The summed E-state index contributed by atoms with van der Waals surface area (Å²) >= 11 is 0. The van der Waals surface area contributed by atoms with Crippen molar-refractivity contribution in [2.45, 2.75) is 25.8 Å². The zero-order valence-corrected chi connectivity index (χ0v) is 20.4. The van der Waals surface area contributed by atoms with Gasteiger partial charge in [-0.3, -0.25) is 19.0 Å². The van der Waals surface area contributed by atoms with Gasteiger partial charge in [0.2, 0.25) is 5.91 Å². The van der Waals surface area contributed by atoms with Crippen molar-refractivity contribution in [3.8, 4) is 11.4 Å². The van der Waals surface area contributed by atoms with Gasteiger partial charge in [0, 0.05) is 62.4 Å². The van der Waals surface area contributed by atoms with Crippen LogP contribution in [0.3, 0.4) is 0 Å². The lowest BCUT2D eigenvalue weighted by molar-refractivity contribution is -0.130. The van der Waals surface area contributed by atoms with Gasteiger partial charge in [0.1, 0.15) is 5.75 Å². The lowest BCUT2D eigenvalue weighted by Crippen LogP contribution is -2.49. The van der Waals surface area contributed by atoms with Gasteiger partial charge in [-0.2, -0.15) is 0 Å². The minimum Gasteiger partial charge on any atom is -0.497 e. The molecule has 4 rings (SSSR count). The SMILES string of the molecule is COCCN(C(=O)c1cn(-c2ccc(OC)cc2)c(=O)c2ccccc12)C1CCN(C(C)=O)CC1. The molecule has 0 N–H and O–H groups in total. The molecule has 1 fully saturated rings. The van der Waals surface area contributed by atoms with Crippen LogP contribution in [0, 0.1) is 0 Å². The summed E-state index contributed by atoms with van der Waals surface area (Å²) in [5, 5.41) is 1.10. The average Bonchev–Trinajstić information content (AvgIpc) is 2.89. The molecule has 2 heterocycles. The predicted molar refractivity (Wildman–Crippen MR) is 134 cm³/mol. The van der Waals surface area contributed by atoms with Crippen molar-refractivity contribution >= 4 is 22.6 Å². The van der Waals surface area contributed by atoms with Crippen molar-refractivity contribution in [1.29, 1.82) is 0 Å². The molecule has 1 aliphatic rings. The molecule has 0 aliphatic carbocycles. The monoisotopic (exact) mass is 477 g/mol. The summed E-state index contributed by atoms with van der Waals surface area (Å²) in [6.07, 6.45) is 3.04. The van der Waals surface area contributed by atoms with Crippen LogP contribution in [0.1, 0.15) is 30.1 Å². The van der Waals surface area contributed by atoms with Crippen LogP contribution in [0.5, 0.6) is 5.75 Å². The fourth-order valence-corrected chi connectivity index (χ4v) is 4.68. The lowest BCUT2D eigenvalue weighted by atomic mass is 10.0. The summed E-state index contributed by atoms with van der Waals surface area (Å²) in [6, 6.07) is 14.3. The van der Waals surface area contributed by atoms with E-state index in [1.54, 1.807) is 63.7 Å². The van der Waals surface area contributed by atoms with Crippen LogP contribution >= 0.6 is 0 Å². The van der Waals surface area contributed by atoms with E-state index in [1.165, 1.54) is 4.57 Å². The topological polar surface area (TPSA) is 81.1 Å². The third-order valence-electron chi connectivity index (χ3n) is 6.65. The third-order valence-corrected chi connectivity index (χ3v) is 6.65. The largest absolute Gasteiger partial charge is 0.497 e. The van der Waals surface area contributed by atoms with Crippen molar-refractivity contribution in [2.75, 3.05) is 40.5 Å². The molecule has 3 aromatic rings. The van der Waals surface area contributed by atoms with Gasteiger partial charge in [-0.25, -0.2) is 0 Å². The van der Waals surface area contributed by atoms with Gasteiger partial charge in [-0.05, 0) is 43.2 Å². The van der Waals surface area contributed by atoms with E-state index in [4.69, 9.17) is 9.47 Å². The molecule has 1 saturated heterocycles. The molecule has 0 saturated carbocycles. The number of benzene rings is 2. The van der Waals surface area contributed by atoms with Crippen LogP contribution in [0.15, 0.2) is 59.5 Å². The van der Waals surface area contributed by atoms with Gasteiger partial charge in [-0.15, -0.1) is 0 Å². The van der Waals surface area contributed by atoms with Crippen LogP contribution in [0.2, 0.25) is 0 Å². The van der Waals surface area contributed by atoms with E-state index in [1.807, 2.05) is 21.9 Å². The van der Waals surface area contributed by atoms with Crippen molar-refractivity contribution < 1.29 is 19.1 Å². The van der Waals surface area contributed by atoms with E-state index in [-0.39, 0.29) is 23.4 Å². The van der Waals surface area contributed by atoms with E-state index in [0.717, 1.165) is 0 Å². The van der Waals surface area contributed by atoms with Gasteiger partial charge >= 0.3 is 0 Å². The second-order valence-electron chi connectivity index (χ2n) is 8.69. The summed E-state index contributed by atoms with van der Waals surface area (Å²) < 4.78 is 12.1. The minimum absolute atomic E-state index is 0.0200. The van der Waals surface area contributed by atoms with Crippen molar-refractivity contribution in [3.63, 3.8) is 0 Å². The van der Waals surface area contributed by atoms with E-state index in [0.29, 0.717) is 66.9 Å². The number of likely N-dealkylation sites (tertiary alicyclic amines) is 1. The van der Waals surface area contributed by atoms with E-state index >= 15 is 0 Å². The third kappa shape index (κ3) is 5.07. The predicted octanol–water partition coefficient (Wildman–Crippen LogP) is 3.10. The Morgan fingerprint density at radius 2 is 1.66 bits per heavy atom. The number of carbonyl (C=O) groups excluding carboxylic acids is 2. The number of methoxy groups -OCH3 is 2. The van der Waals surface area contributed by atoms with E-state index in [9.17, 15) is 14.4 Å². The molecule has 0 bridgehead atoms. The zero-order valence-electron chi connectivity index (χ0n) is 20.4. The number of ether oxygens (including phenoxy) is 2. The number of rotatable bonds is 7. The number of fused-ring (bicyclic) bond motifs is 1. The zero-order chi connectivity index (χ0) is 24.9. The molecule has 8 nitrogen and oxygen atoms in total. The fourth-order valence-electron chi connectivity index (χ4n) is 4.68. The highest BCUT2D eigenvalue weighted by Crippen LogP contribution is 2.24. The van der Waals surface area contributed by atoms with Crippen LogP contribution in [-0.2, 0) is 9.53 Å². The second-order valence-corrected chi connectivity index (χ2v) is 8.69. The number of piperidine rings is 1. The number of amides is 2. The standard InChI is InChI=1S/C27H31N3O5/c1-19(31)28-14-12-21(13-15-28)29(16-17-34-2)27(33)25-18-30(20-8-10-22(35-3)11-9-20)26(32)24-7-5-4-6-23(24)25/h4-11,18,21H,12-17H2,1-3H3. The Balaban J connectivity index is 1.77. The maximum absolute atomic E-state index is 14.0. The molecule has 35 heavy (non-hydrogen) atoms. The van der Waals surface area contributed by atoms with Crippen molar-refractivity contribution in [2.24, 2.45) is 0 Å².